The van der Waals surface area contributed by atoms with Crippen molar-refractivity contribution in [1.29, 1.82) is 0 Å². The summed E-state index contributed by atoms with van der Waals surface area (Å²) in [4.78, 5) is 25.3. The zero-order valence-corrected chi connectivity index (χ0v) is 16.8. The maximum atomic E-state index is 13.4. The predicted octanol–water partition coefficient (Wildman–Crippen LogP) is 5.47. The van der Waals surface area contributed by atoms with Gasteiger partial charge >= 0.3 is 5.69 Å². The van der Waals surface area contributed by atoms with Crippen LogP contribution in [0.1, 0.15) is 11.4 Å². The molecule has 2 aromatic carbocycles. The van der Waals surface area contributed by atoms with Crippen molar-refractivity contribution >= 4 is 43.7 Å². The number of hydrogen-bond acceptors (Lipinski definition) is 9. The van der Waals surface area contributed by atoms with Crippen LogP contribution in [0.15, 0.2) is 46.6 Å². The van der Waals surface area contributed by atoms with E-state index in [-0.39, 0.29) is 11.5 Å². The molecule has 0 N–H and O–H groups in total. The Balaban J connectivity index is 1.74. The number of rotatable bonds is 5. The van der Waals surface area contributed by atoms with Gasteiger partial charge in [0.05, 0.1) is 37.5 Å². The molecule has 0 fully saturated rings. The molecule has 0 bridgehead atoms. The van der Waals surface area contributed by atoms with E-state index in [9.17, 15) is 24.6 Å². The summed E-state index contributed by atoms with van der Waals surface area (Å²) in [7, 11) is 0. The third-order valence-corrected chi connectivity index (χ3v) is 5.32. The molecule has 0 radical (unpaired) electrons. The lowest BCUT2D eigenvalue weighted by Gasteiger charge is -2.05. The van der Waals surface area contributed by atoms with Crippen LogP contribution < -0.4 is 0 Å². The number of thiazole rings is 1. The maximum absolute atomic E-state index is 13.4. The lowest BCUT2D eigenvalue weighted by Crippen LogP contribution is -2.04. The monoisotopic (exact) mass is 441 g/mol. The van der Waals surface area contributed by atoms with Crippen LogP contribution in [0.25, 0.3) is 15.9 Å². The summed E-state index contributed by atoms with van der Waals surface area (Å²) in [5, 5.41) is 35.3. The van der Waals surface area contributed by atoms with Crippen molar-refractivity contribution in [3.05, 3.63) is 73.8 Å². The molecule has 2 aromatic heterocycles. The van der Waals surface area contributed by atoms with Gasteiger partial charge in [0.1, 0.15) is 17.2 Å². The van der Waals surface area contributed by atoms with E-state index >= 15 is 0 Å². The van der Waals surface area contributed by atoms with Crippen LogP contribution in [0.2, 0.25) is 0 Å². The molecule has 11 nitrogen and oxygen atoms in total. The molecule has 0 spiro atoms. The molecule has 2 heterocycles. The summed E-state index contributed by atoms with van der Waals surface area (Å²) in [5.74, 6) is -0.378. The van der Waals surface area contributed by atoms with E-state index in [0.29, 0.717) is 32.4 Å². The molecule has 13 heteroatoms. The quantitative estimate of drug-likeness (QED) is 0.228. The van der Waals surface area contributed by atoms with Gasteiger partial charge in [-0.15, -0.1) is 10.2 Å². The number of nitro benzene ring substituents is 2. The molecular weight excluding hydrogens is 429 g/mol. The predicted molar refractivity (Wildman–Crippen MR) is 110 cm³/mol. The van der Waals surface area contributed by atoms with E-state index < -0.39 is 21.2 Å². The van der Waals surface area contributed by atoms with E-state index in [1.165, 1.54) is 28.9 Å². The van der Waals surface area contributed by atoms with Gasteiger partial charge in [-0.05, 0) is 38.1 Å². The van der Waals surface area contributed by atoms with Crippen molar-refractivity contribution in [1.82, 2.24) is 14.8 Å². The maximum Gasteiger partial charge on any atom is 0.301 e. The number of nitrogens with zero attached hydrogens (tertiary/aromatic N) is 7. The van der Waals surface area contributed by atoms with Gasteiger partial charge in [-0.2, -0.15) is 5.10 Å². The number of halogens is 1. The van der Waals surface area contributed by atoms with Gasteiger partial charge in [0.25, 0.3) is 5.69 Å². The molecule has 156 valence electrons. The van der Waals surface area contributed by atoms with Crippen LogP contribution in [0.4, 0.5) is 26.6 Å². The molecule has 0 atom stereocenters. The fourth-order valence-corrected chi connectivity index (χ4v) is 3.80. The Bertz CT molecular complexity index is 1400. The van der Waals surface area contributed by atoms with Crippen molar-refractivity contribution in [3.8, 4) is 5.69 Å². The molecule has 0 aliphatic rings. The summed E-state index contributed by atoms with van der Waals surface area (Å²) >= 11 is 1.16. The number of non-ortho nitro benzene ring substituents is 1. The standard InChI is InChI=1S/C18H12FN7O4S/c1-9-17(21-22-18-20-13-5-3-11(19)7-16(13)31-18)10(2)24(23-9)14-6-4-12(25(27)28)8-15(14)26(29)30/h3-8H,1-2H3. The second-order valence-corrected chi connectivity index (χ2v) is 7.44. The average Bonchev–Trinajstić information content (AvgIpc) is 3.25. The minimum absolute atomic E-state index is 0.0631. The van der Waals surface area contributed by atoms with Crippen LogP contribution in [0.5, 0.6) is 0 Å². The fraction of sp³-hybridized carbons (Fsp3) is 0.111. The highest BCUT2D eigenvalue weighted by Crippen LogP contribution is 2.34. The second kappa shape index (κ2) is 7.60. The Morgan fingerprint density at radius 2 is 1.84 bits per heavy atom. The summed E-state index contributed by atoms with van der Waals surface area (Å²) < 4.78 is 15.3. The topological polar surface area (TPSA) is 142 Å². The number of benzene rings is 2. The van der Waals surface area contributed by atoms with Gasteiger partial charge in [0.2, 0.25) is 5.13 Å². The van der Waals surface area contributed by atoms with E-state index in [0.717, 1.165) is 17.4 Å². The minimum atomic E-state index is -0.708. The van der Waals surface area contributed by atoms with Gasteiger partial charge in [0, 0.05) is 6.07 Å². The number of azo groups is 1. The highest BCUT2D eigenvalue weighted by Gasteiger charge is 2.24. The lowest BCUT2D eigenvalue weighted by atomic mass is 10.2. The Labute approximate surface area is 176 Å². The van der Waals surface area contributed by atoms with Crippen molar-refractivity contribution in [3.63, 3.8) is 0 Å². The molecule has 0 saturated heterocycles. The molecule has 0 amide bonds. The second-order valence-electron chi connectivity index (χ2n) is 6.43. The van der Waals surface area contributed by atoms with Crippen molar-refractivity contribution in [2.24, 2.45) is 10.2 Å². The summed E-state index contributed by atoms with van der Waals surface area (Å²) in [6.45, 7) is 3.30. The van der Waals surface area contributed by atoms with Crippen molar-refractivity contribution in [2.75, 3.05) is 0 Å². The minimum Gasteiger partial charge on any atom is -0.258 e. The molecule has 0 unspecified atom stereocenters. The first-order valence-electron chi connectivity index (χ1n) is 8.72. The summed E-state index contributed by atoms with van der Waals surface area (Å²) in [6.07, 6.45) is 0. The molecule has 4 rings (SSSR count). The normalized spacial score (nSPS) is 11.5. The molecule has 0 aliphatic carbocycles. The van der Waals surface area contributed by atoms with Crippen LogP contribution in [0.3, 0.4) is 0 Å². The number of fused-ring (bicyclic) bond motifs is 1. The van der Waals surface area contributed by atoms with E-state index in [2.05, 4.69) is 20.3 Å². The molecule has 0 saturated carbocycles. The number of aromatic nitrogens is 3. The van der Waals surface area contributed by atoms with Crippen LogP contribution in [0, 0.1) is 39.9 Å². The van der Waals surface area contributed by atoms with Crippen LogP contribution >= 0.6 is 11.3 Å². The van der Waals surface area contributed by atoms with Crippen LogP contribution in [-0.2, 0) is 0 Å². The lowest BCUT2D eigenvalue weighted by molar-refractivity contribution is -0.394. The Kier molecular flexibility index (Phi) is 4.94. The number of nitro groups is 2. The van der Waals surface area contributed by atoms with Gasteiger partial charge in [-0.3, -0.25) is 20.2 Å². The first kappa shape index (κ1) is 20.2. The molecule has 0 aliphatic heterocycles. The van der Waals surface area contributed by atoms with Gasteiger partial charge in [-0.25, -0.2) is 14.1 Å². The number of hydrogen-bond donors (Lipinski definition) is 0. The molecule has 31 heavy (non-hydrogen) atoms. The first-order chi connectivity index (χ1) is 14.7. The smallest absolute Gasteiger partial charge is 0.258 e. The zero-order valence-electron chi connectivity index (χ0n) is 16.0. The third-order valence-electron chi connectivity index (χ3n) is 4.42. The van der Waals surface area contributed by atoms with Crippen molar-refractivity contribution < 1.29 is 14.2 Å². The largest absolute Gasteiger partial charge is 0.301 e. The highest BCUT2D eigenvalue weighted by molar-refractivity contribution is 7.21. The average molecular weight is 441 g/mol. The molecular formula is C18H12FN7O4S. The van der Waals surface area contributed by atoms with Gasteiger partial charge in [-0.1, -0.05) is 11.3 Å². The van der Waals surface area contributed by atoms with E-state index in [4.69, 9.17) is 0 Å². The summed E-state index contributed by atoms with van der Waals surface area (Å²) in [6, 6.07) is 7.52. The van der Waals surface area contributed by atoms with Crippen LogP contribution in [-0.4, -0.2) is 24.6 Å². The van der Waals surface area contributed by atoms with Gasteiger partial charge in [0.15, 0.2) is 0 Å². The van der Waals surface area contributed by atoms with E-state index in [1.54, 1.807) is 19.9 Å². The van der Waals surface area contributed by atoms with E-state index in [1.807, 2.05) is 0 Å². The Hall–Kier alpha value is -4.13. The van der Waals surface area contributed by atoms with Gasteiger partial charge < -0.3 is 0 Å². The van der Waals surface area contributed by atoms with Crippen molar-refractivity contribution in [2.45, 2.75) is 13.8 Å². The Morgan fingerprint density at radius 1 is 1.06 bits per heavy atom. The first-order valence-corrected chi connectivity index (χ1v) is 9.53. The third kappa shape index (κ3) is 3.73. The zero-order chi connectivity index (χ0) is 22.3. The summed E-state index contributed by atoms with van der Waals surface area (Å²) in [5.41, 5.74) is 1.06. The SMILES string of the molecule is Cc1nn(-c2ccc([N+](=O)[O-])cc2[N+](=O)[O-])c(C)c1N=Nc1nc2ccc(F)cc2s1. The Morgan fingerprint density at radius 3 is 2.55 bits per heavy atom. The highest BCUT2D eigenvalue weighted by atomic mass is 32.1. The number of aryl methyl sites for hydroxylation is 1. The molecule has 4 aromatic rings. The fourth-order valence-electron chi connectivity index (χ4n) is 2.99.